The van der Waals surface area contributed by atoms with E-state index in [-0.39, 0.29) is 0 Å². The lowest BCUT2D eigenvalue weighted by Crippen LogP contribution is -2.51. The van der Waals surface area contributed by atoms with Crippen LogP contribution >= 0.6 is 11.8 Å². The standard InChI is InChI=1S/C9H15N3O3S/c1-4-10-9(3,7(13)14)5-16-8-12-11-6(2)15-8/h10H,4-5H2,1-3H3,(H,13,14). The summed E-state index contributed by atoms with van der Waals surface area (Å²) < 4.78 is 5.16. The molecule has 2 N–H and O–H groups in total. The molecule has 6 nitrogen and oxygen atoms in total. The number of thioether (sulfide) groups is 1. The maximum absolute atomic E-state index is 11.1. The second-order valence-electron chi connectivity index (χ2n) is 3.54. The van der Waals surface area contributed by atoms with Crippen LogP contribution in [0.4, 0.5) is 0 Å². The van der Waals surface area contributed by atoms with Gasteiger partial charge < -0.3 is 14.8 Å². The lowest BCUT2D eigenvalue weighted by Gasteiger charge is -2.24. The van der Waals surface area contributed by atoms with Gasteiger partial charge in [0.05, 0.1) is 0 Å². The molecule has 1 atom stereocenters. The third-order valence-electron chi connectivity index (χ3n) is 2.03. The molecule has 1 aromatic rings. The van der Waals surface area contributed by atoms with E-state index < -0.39 is 11.5 Å². The fraction of sp³-hybridized carbons (Fsp3) is 0.667. The van der Waals surface area contributed by atoms with Crippen molar-refractivity contribution < 1.29 is 14.3 Å². The highest BCUT2D eigenvalue weighted by molar-refractivity contribution is 7.99. The largest absolute Gasteiger partial charge is 0.480 e. The molecule has 1 rings (SSSR count). The number of aryl methyl sites for hydroxylation is 1. The summed E-state index contributed by atoms with van der Waals surface area (Å²) in [5.41, 5.74) is -0.984. The van der Waals surface area contributed by atoms with Crippen molar-refractivity contribution in [2.45, 2.75) is 31.5 Å². The highest BCUT2D eigenvalue weighted by atomic mass is 32.2. The van der Waals surface area contributed by atoms with Gasteiger partial charge in [-0.2, -0.15) is 0 Å². The van der Waals surface area contributed by atoms with Crippen molar-refractivity contribution in [2.75, 3.05) is 12.3 Å². The van der Waals surface area contributed by atoms with Gasteiger partial charge in [-0.15, -0.1) is 10.2 Å². The monoisotopic (exact) mass is 245 g/mol. The van der Waals surface area contributed by atoms with Crippen molar-refractivity contribution in [1.82, 2.24) is 15.5 Å². The molecule has 1 heterocycles. The Balaban J connectivity index is 2.60. The summed E-state index contributed by atoms with van der Waals surface area (Å²) >= 11 is 1.23. The molecule has 16 heavy (non-hydrogen) atoms. The molecule has 1 unspecified atom stereocenters. The van der Waals surface area contributed by atoms with Gasteiger partial charge >= 0.3 is 5.97 Å². The minimum Gasteiger partial charge on any atom is -0.480 e. The maximum Gasteiger partial charge on any atom is 0.324 e. The van der Waals surface area contributed by atoms with Crippen LogP contribution in [-0.4, -0.2) is 39.1 Å². The summed E-state index contributed by atoms with van der Waals surface area (Å²) in [5.74, 6) is -0.0845. The normalized spacial score (nSPS) is 14.7. The van der Waals surface area contributed by atoms with E-state index in [0.717, 1.165) is 0 Å². The number of aromatic nitrogens is 2. The summed E-state index contributed by atoms with van der Waals surface area (Å²) in [4.78, 5) is 11.1. The minimum atomic E-state index is -0.984. The fourth-order valence-corrected chi connectivity index (χ4v) is 2.04. The summed E-state index contributed by atoms with van der Waals surface area (Å²) in [5, 5.41) is 19.9. The highest BCUT2D eigenvalue weighted by Crippen LogP contribution is 2.21. The van der Waals surface area contributed by atoms with Gasteiger partial charge in [-0.05, 0) is 13.5 Å². The number of aliphatic carboxylic acids is 1. The number of nitrogens with one attached hydrogen (secondary N) is 1. The molecule has 0 spiro atoms. The smallest absolute Gasteiger partial charge is 0.324 e. The third kappa shape index (κ3) is 3.21. The summed E-state index contributed by atoms with van der Waals surface area (Å²) in [6, 6.07) is 0. The van der Waals surface area contributed by atoms with Crippen LogP contribution in [0.1, 0.15) is 19.7 Å². The van der Waals surface area contributed by atoms with Gasteiger partial charge in [0.25, 0.3) is 5.22 Å². The van der Waals surface area contributed by atoms with Gasteiger partial charge in [0.15, 0.2) is 0 Å². The summed E-state index contributed by atoms with van der Waals surface area (Å²) in [7, 11) is 0. The lowest BCUT2D eigenvalue weighted by atomic mass is 10.1. The molecule has 90 valence electrons. The third-order valence-corrected chi connectivity index (χ3v) is 3.16. The van der Waals surface area contributed by atoms with Crippen LogP contribution < -0.4 is 5.32 Å². The SMILES string of the molecule is CCNC(C)(CSc1nnc(C)o1)C(=O)O. The number of carboxylic acids is 1. The van der Waals surface area contributed by atoms with Gasteiger partial charge in [-0.1, -0.05) is 18.7 Å². The number of hydrogen-bond donors (Lipinski definition) is 2. The minimum absolute atomic E-state index is 0.331. The number of nitrogens with zero attached hydrogens (tertiary/aromatic N) is 2. The average molecular weight is 245 g/mol. The first-order chi connectivity index (χ1) is 7.48. The van der Waals surface area contributed by atoms with E-state index in [1.807, 2.05) is 6.92 Å². The average Bonchev–Trinajstić information content (AvgIpc) is 2.61. The number of carbonyl (C=O) groups is 1. The Morgan fingerprint density at radius 1 is 1.62 bits per heavy atom. The van der Waals surface area contributed by atoms with Gasteiger partial charge in [0.1, 0.15) is 5.54 Å². The topological polar surface area (TPSA) is 88.3 Å². The van der Waals surface area contributed by atoms with Gasteiger partial charge in [-0.25, -0.2) is 0 Å². The van der Waals surface area contributed by atoms with Gasteiger partial charge in [-0.3, -0.25) is 4.79 Å². The molecule has 0 aliphatic carbocycles. The zero-order valence-corrected chi connectivity index (χ0v) is 10.3. The molecule has 0 saturated carbocycles. The number of likely N-dealkylation sites (N-methyl/N-ethyl adjacent to an activating group) is 1. The van der Waals surface area contributed by atoms with Crippen molar-refractivity contribution in [3.63, 3.8) is 0 Å². The Labute approximate surface area is 97.8 Å². The Morgan fingerprint density at radius 2 is 2.31 bits per heavy atom. The van der Waals surface area contributed by atoms with E-state index in [1.54, 1.807) is 13.8 Å². The van der Waals surface area contributed by atoms with Crippen LogP contribution in [0.15, 0.2) is 9.64 Å². The van der Waals surface area contributed by atoms with Crippen molar-refractivity contribution in [3.05, 3.63) is 5.89 Å². The Hall–Kier alpha value is -1.08. The summed E-state index contributed by atoms with van der Waals surface area (Å²) in [6.07, 6.45) is 0. The fourth-order valence-electron chi connectivity index (χ4n) is 1.12. The number of hydrogen-bond acceptors (Lipinski definition) is 6. The molecule has 1 aromatic heterocycles. The van der Waals surface area contributed by atoms with Crippen molar-refractivity contribution in [3.8, 4) is 0 Å². The molecule has 0 radical (unpaired) electrons. The van der Waals surface area contributed by atoms with Crippen LogP contribution in [0, 0.1) is 6.92 Å². The Kier molecular flexibility index (Phi) is 4.31. The van der Waals surface area contributed by atoms with Crippen LogP contribution in [0.3, 0.4) is 0 Å². The molecule has 0 bridgehead atoms. The van der Waals surface area contributed by atoms with Gasteiger partial charge in [0.2, 0.25) is 5.89 Å². The Morgan fingerprint density at radius 3 is 2.75 bits per heavy atom. The van der Waals surface area contributed by atoms with Crippen LogP contribution in [0.2, 0.25) is 0 Å². The first-order valence-corrected chi connectivity index (χ1v) is 5.88. The van der Waals surface area contributed by atoms with Gasteiger partial charge in [0, 0.05) is 12.7 Å². The van der Waals surface area contributed by atoms with Crippen LogP contribution in [-0.2, 0) is 4.79 Å². The highest BCUT2D eigenvalue weighted by Gasteiger charge is 2.32. The molecule has 0 aromatic carbocycles. The van der Waals surface area contributed by atoms with E-state index >= 15 is 0 Å². The predicted octanol–water partition coefficient (Wildman–Crippen LogP) is 0.923. The van der Waals surface area contributed by atoms with Crippen molar-refractivity contribution in [1.29, 1.82) is 0 Å². The van der Waals surface area contributed by atoms with E-state index in [0.29, 0.717) is 23.4 Å². The molecule has 7 heteroatoms. The molecular weight excluding hydrogens is 230 g/mol. The van der Waals surface area contributed by atoms with E-state index in [9.17, 15) is 4.79 Å². The number of carboxylic acid groups (broad SMARTS) is 1. The molecule has 0 aliphatic rings. The first-order valence-electron chi connectivity index (χ1n) is 4.89. The first kappa shape index (κ1) is 13.0. The number of rotatable bonds is 6. The lowest BCUT2D eigenvalue weighted by molar-refractivity contribution is -0.143. The second-order valence-corrected chi connectivity index (χ2v) is 4.47. The second kappa shape index (κ2) is 5.31. The summed E-state index contributed by atoms with van der Waals surface area (Å²) in [6.45, 7) is 5.78. The zero-order valence-electron chi connectivity index (χ0n) is 9.48. The van der Waals surface area contributed by atoms with Crippen LogP contribution in [0.25, 0.3) is 0 Å². The Bertz CT molecular complexity index is 369. The van der Waals surface area contributed by atoms with Crippen molar-refractivity contribution in [2.24, 2.45) is 0 Å². The van der Waals surface area contributed by atoms with Crippen LogP contribution in [0.5, 0.6) is 0 Å². The van der Waals surface area contributed by atoms with Crippen molar-refractivity contribution >= 4 is 17.7 Å². The van der Waals surface area contributed by atoms with E-state index in [1.165, 1.54) is 11.8 Å². The predicted molar refractivity (Wildman–Crippen MR) is 59.5 cm³/mol. The molecule has 0 fully saturated rings. The maximum atomic E-state index is 11.1. The molecular formula is C9H15N3O3S. The van der Waals surface area contributed by atoms with E-state index in [4.69, 9.17) is 9.52 Å². The van der Waals surface area contributed by atoms with E-state index in [2.05, 4.69) is 15.5 Å². The molecule has 0 amide bonds. The zero-order chi connectivity index (χ0) is 12.2. The molecule has 0 aliphatic heterocycles. The quantitative estimate of drug-likeness (QED) is 0.720. The molecule has 0 saturated heterocycles.